The number of hydrogen-bond donors (Lipinski definition) is 5. The number of hydrogen-bond acceptors (Lipinski definition) is 4. The van der Waals surface area contributed by atoms with E-state index in [0.29, 0.717) is 24.9 Å². The third-order valence-corrected chi connectivity index (χ3v) is 2.53. The van der Waals surface area contributed by atoms with Gasteiger partial charge < -0.3 is 27.4 Å². The second-order valence-electron chi connectivity index (χ2n) is 4.36. The molecule has 23 heavy (non-hydrogen) atoms. The van der Waals surface area contributed by atoms with E-state index in [1.54, 1.807) is 18.2 Å². The molecule has 0 heterocycles. The minimum Gasteiger partial charge on any atom is -0.480 e. The summed E-state index contributed by atoms with van der Waals surface area (Å²) in [5, 5.41) is 16.9. The summed E-state index contributed by atoms with van der Waals surface area (Å²) in [7, 11) is 0. The molecule has 0 amide bonds. The van der Waals surface area contributed by atoms with E-state index in [1.807, 2.05) is 0 Å². The quantitative estimate of drug-likeness (QED) is 0.154. The van der Waals surface area contributed by atoms with Gasteiger partial charge in [0.05, 0.1) is 0 Å². The number of nitrogens with zero attached hydrogens (tertiary/aromatic N) is 1. The average Bonchev–Trinajstić information content (AvgIpc) is 2.44. The number of carboxylic acid groups (broad SMARTS) is 2. The van der Waals surface area contributed by atoms with Crippen LogP contribution in [0.3, 0.4) is 0 Å². The predicted molar refractivity (Wildman–Crippen MR) is 83.4 cm³/mol. The topological polar surface area (TPSA) is 165 Å². The normalized spacial score (nSPS) is 10.3. The molecule has 0 spiro atoms. The van der Waals surface area contributed by atoms with E-state index >= 15 is 0 Å². The fourth-order valence-corrected chi connectivity index (χ4v) is 1.37. The van der Waals surface area contributed by atoms with E-state index < -0.39 is 18.0 Å². The molecule has 0 fully saturated rings. The Morgan fingerprint density at radius 2 is 1.78 bits per heavy atom. The van der Waals surface area contributed by atoms with Crippen molar-refractivity contribution in [2.24, 2.45) is 22.2 Å². The molecule has 0 aromatic heterocycles. The summed E-state index contributed by atoms with van der Waals surface area (Å²) in [6.45, 7) is 3.98. The van der Waals surface area contributed by atoms with Gasteiger partial charge in [0.15, 0.2) is 11.5 Å². The fraction of sp³-hybridized carbons (Fsp3) is 0.286. The molecular weight excluding hydrogens is 352 g/mol. The average molecular weight is 373 g/mol. The van der Waals surface area contributed by atoms with E-state index in [1.165, 1.54) is 6.07 Å². The Morgan fingerprint density at radius 3 is 2.17 bits per heavy atom. The molecule has 1 unspecified atom stereocenters. The molecule has 1 aromatic rings. The van der Waals surface area contributed by atoms with Crippen LogP contribution in [0, 0.1) is 6.92 Å². The van der Waals surface area contributed by atoms with Crippen molar-refractivity contribution in [2.45, 2.75) is 18.9 Å². The van der Waals surface area contributed by atoms with Crippen molar-refractivity contribution in [3.8, 4) is 0 Å². The van der Waals surface area contributed by atoms with Crippen LogP contribution in [0.5, 0.6) is 0 Å². The van der Waals surface area contributed by atoms with Gasteiger partial charge in [-0.25, -0.2) is 4.79 Å². The molecule has 1 aromatic carbocycles. The van der Waals surface area contributed by atoms with E-state index in [4.69, 9.17) is 27.4 Å². The molecule has 9 heteroatoms. The number of nitrogens with two attached hydrogens (primary N) is 3. The fourth-order valence-electron chi connectivity index (χ4n) is 1.37. The van der Waals surface area contributed by atoms with Gasteiger partial charge >= 0.3 is 11.9 Å². The molecular formula is C14H21CuN4O4+. The maximum Gasteiger partial charge on any atom is 0.394 e. The molecule has 0 aliphatic rings. The summed E-state index contributed by atoms with van der Waals surface area (Å²) in [5.74, 6) is -1.91. The summed E-state index contributed by atoms with van der Waals surface area (Å²) in [5.41, 5.74) is 16.1. The maximum atomic E-state index is 10.4. The molecule has 1 rings (SSSR count). The van der Waals surface area contributed by atoms with Gasteiger partial charge in [0, 0.05) is 42.7 Å². The second-order valence-corrected chi connectivity index (χ2v) is 4.36. The van der Waals surface area contributed by atoms with E-state index in [9.17, 15) is 9.59 Å². The zero-order valence-electron chi connectivity index (χ0n) is 12.4. The van der Waals surface area contributed by atoms with Crippen LogP contribution in [0.4, 0.5) is 0 Å². The third-order valence-electron chi connectivity index (χ3n) is 2.53. The van der Waals surface area contributed by atoms with Crippen molar-refractivity contribution in [1.82, 2.24) is 0 Å². The molecule has 0 aliphatic heterocycles. The number of guanidine groups is 1. The standard InChI is InChI=1S/C8H6O2.C6H14N4O2.Cu/c1-6-4-2-3-5-7(6)8(9)10;7-4(5(11)12)2-1-3-10-6(8)9;/h2-5H,1H2;4H,1-3,7H2,(H,11,12)(H4,8,9,10);/p+1. The summed E-state index contributed by atoms with van der Waals surface area (Å²) < 4.78 is 0. The predicted octanol–water partition coefficient (Wildman–Crippen LogP) is 0.0164. The number of aromatic carboxylic acids is 1. The van der Waals surface area contributed by atoms with Crippen LogP contribution in [0.1, 0.15) is 28.8 Å². The number of rotatable bonds is 6. The Labute approximate surface area is 145 Å². The monoisotopic (exact) mass is 372 g/mol. The SMILES string of the molecule is NC(N)=NCCCC(N)C(=O)O.[CH2+]c1ccccc1C(=O)O.[Cu]. The van der Waals surface area contributed by atoms with Crippen LogP contribution < -0.4 is 17.2 Å². The van der Waals surface area contributed by atoms with Gasteiger partial charge in [0.2, 0.25) is 0 Å². The first kappa shape index (κ1) is 23.1. The summed E-state index contributed by atoms with van der Waals surface area (Å²) in [6.07, 6.45) is 0.956. The number of carboxylic acids is 2. The van der Waals surface area contributed by atoms with Crippen molar-refractivity contribution >= 4 is 17.9 Å². The molecule has 0 bridgehead atoms. The van der Waals surface area contributed by atoms with Gasteiger partial charge in [-0.2, -0.15) is 0 Å². The third kappa shape index (κ3) is 11.1. The zero-order chi connectivity index (χ0) is 17.1. The van der Waals surface area contributed by atoms with Crippen molar-refractivity contribution in [1.29, 1.82) is 0 Å². The smallest absolute Gasteiger partial charge is 0.394 e. The van der Waals surface area contributed by atoms with Crippen LogP contribution >= 0.6 is 0 Å². The van der Waals surface area contributed by atoms with Crippen LogP contribution in [-0.2, 0) is 21.9 Å². The molecule has 8 nitrogen and oxygen atoms in total. The van der Waals surface area contributed by atoms with Gasteiger partial charge in [-0.3, -0.25) is 9.79 Å². The Hall–Kier alpha value is -2.22. The molecule has 0 saturated carbocycles. The summed E-state index contributed by atoms with van der Waals surface area (Å²) in [6, 6.07) is 5.82. The van der Waals surface area contributed by atoms with E-state index in [-0.39, 0.29) is 28.6 Å². The van der Waals surface area contributed by atoms with Gasteiger partial charge in [-0.15, -0.1) is 0 Å². The minimum atomic E-state index is -1.00. The van der Waals surface area contributed by atoms with Gasteiger partial charge in [0.1, 0.15) is 11.6 Å². The Morgan fingerprint density at radius 1 is 1.22 bits per heavy atom. The van der Waals surface area contributed by atoms with Crippen molar-refractivity contribution in [3.63, 3.8) is 0 Å². The molecule has 0 aliphatic carbocycles. The first-order valence-electron chi connectivity index (χ1n) is 6.43. The molecule has 8 N–H and O–H groups in total. The summed E-state index contributed by atoms with van der Waals surface area (Å²) in [4.78, 5) is 24.3. The van der Waals surface area contributed by atoms with Crippen LogP contribution in [0.2, 0.25) is 0 Å². The van der Waals surface area contributed by atoms with Crippen LogP contribution in [-0.4, -0.2) is 40.7 Å². The number of carbonyl (C=O) groups is 2. The summed E-state index contributed by atoms with van der Waals surface area (Å²) >= 11 is 0. The van der Waals surface area contributed by atoms with E-state index in [0.717, 1.165) is 0 Å². The molecule has 0 saturated heterocycles. The van der Waals surface area contributed by atoms with Crippen LogP contribution in [0.15, 0.2) is 29.3 Å². The Kier molecular flexibility index (Phi) is 12.4. The van der Waals surface area contributed by atoms with Crippen molar-refractivity contribution < 1.29 is 36.9 Å². The zero-order valence-corrected chi connectivity index (χ0v) is 13.3. The van der Waals surface area contributed by atoms with Gasteiger partial charge in [0.25, 0.3) is 0 Å². The van der Waals surface area contributed by atoms with Gasteiger partial charge in [-0.05, 0) is 25.0 Å². The molecule has 1 atom stereocenters. The number of aliphatic carboxylic acids is 1. The van der Waals surface area contributed by atoms with E-state index in [2.05, 4.69) is 11.9 Å². The minimum absolute atomic E-state index is 0. The maximum absolute atomic E-state index is 10.4. The van der Waals surface area contributed by atoms with Gasteiger partial charge in [-0.1, -0.05) is 0 Å². The Bertz CT molecular complexity index is 533. The first-order chi connectivity index (χ1) is 10.3. The van der Waals surface area contributed by atoms with Crippen molar-refractivity contribution in [2.75, 3.05) is 6.54 Å². The Balaban J connectivity index is 0. The largest absolute Gasteiger partial charge is 0.480 e. The number of benzene rings is 1. The van der Waals surface area contributed by atoms with Crippen LogP contribution in [0.25, 0.3) is 0 Å². The second kappa shape index (κ2) is 12.3. The number of aliphatic imine (C=N–C) groups is 1. The first-order valence-corrected chi connectivity index (χ1v) is 6.43. The van der Waals surface area contributed by atoms with Crippen molar-refractivity contribution in [3.05, 3.63) is 42.3 Å². The molecule has 1 radical (unpaired) electrons. The molecule has 131 valence electrons.